The molecule has 2 bridgehead atoms. The third-order valence-corrected chi connectivity index (χ3v) is 5.12. The Balaban J connectivity index is 1.85. The van der Waals surface area contributed by atoms with E-state index in [4.69, 9.17) is 17.0 Å². The lowest BCUT2D eigenvalue weighted by Gasteiger charge is -2.56. The Labute approximate surface area is 118 Å². The maximum Gasteiger partial charge on any atom is 0.187 e. The minimum absolute atomic E-state index is 0.262. The fourth-order valence-corrected chi connectivity index (χ4v) is 3.92. The summed E-state index contributed by atoms with van der Waals surface area (Å²) >= 11 is 5.59. The summed E-state index contributed by atoms with van der Waals surface area (Å²) in [5.41, 5.74) is 0.910. The van der Waals surface area contributed by atoms with Gasteiger partial charge in [-0.1, -0.05) is 25.1 Å². The Hall–Kier alpha value is -1.29. The highest BCUT2D eigenvalue weighted by molar-refractivity contribution is 7.80. The Bertz CT molecular complexity index is 557. The molecule has 3 aliphatic rings. The molecule has 3 unspecified atom stereocenters. The molecule has 0 spiro atoms. The highest BCUT2D eigenvalue weighted by atomic mass is 32.1. The summed E-state index contributed by atoms with van der Waals surface area (Å²) in [6, 6.07) is 9.12. The zero-order valence-electron chi connectivity index (χ0n) is 11.2. The van der Waals surface area contributed by atoms with Gasteiger partial charge in [0.25, 0.3) is 0 Å². The molecule has 19 heavy (non-hydrogen) atoms. The second-order valence-corrected chi connectivity index (χ2v) is 6.40. The van der Waals surface area contributed by atoms with E-state index in [1.165, 1.54) is 18.4 Å². The molecule has 0 radical (unpaired) electrons. The lowest BCUT2D eigenvalue weighted by atomic mass is 9.81. The molecule has 0 amide bonds. The number of fused-ring (bicyclic) bond motifs is 4. The highest BCUT2D eigenvalue weighted by Gasteiger charge is 2.56. The van der Waals surface area contributed by atoms with E-state index in [0.717, 1.165) is 10.9 Å². The van der Waals surface area contributed by atoms with Crippen LogP contribution in [0.4, 0.5) is 0 Å². The smallest absolute Gasteiger partial charge is 0.187 e. The molecule has 3 atom stereocenters. The standard InChI is InChI=1S/C15H18N2OS/c1-9-13-11-5-3-4-6-12(11)18-15(9,2)17(10-7-8-10)14(19)16-13/h3-6,9-10,13H,7-8H2,1-2H3,(H,16,19). The molecule has 3 nitrogen and oxygen atoms in total. The van der Waals surface area contributed by atoms with Gasteiger partial charge < -0.3 is 15.0 Å². The summed E-state index contributed by atoms with van der Waals surface area (Å²) in [7, 11) is 0. The number of hydrogen-bond donors (Lipinski definition) is 1. The summed E-state index contributed by atoms with van der Waals surface area (Å²) < 4.78 is 6.39. The number of nitrogens with one attached hydrogen (secondary N) is 1. The molecule has 0 aromatic heterocycles. The molecule has 1 aromatic rings. The van der Waals surface area contributed by atoms with Crippen molar-refractivity contribution in [2.45, 2.75) is 44.5 Å². The van der Waals surface area contributed by atoms with Gasteiger partial charge in [0.15, 0.2) is 10.8 Å². The van der Waals surface area contributed by atoms with Crippen molar-refractivity contribution in [3.8, 4) is 5.75 Å². The van der Waals surface area contributed by atoms with Crippen LogP contribution in [0.15, 0.2) is 24.3 Å². The van der Waals surface area contributed by atoms with E-state index in [-0.39, 0.29) is 11.8 Å². The summed E-state index contributed by atoms with van der Waals surface area (Å²) in [5, 5.41) is 4.38. The van der Waals surface area contributed by atoms with Crippen LogP contribution in [0.2, 0.25) is 0 Å². The molecule has 1 N–H and O–H groups in total. The predicted octanol–water partition coefficient (Wildman–Crippen LogP) is 2.82. The Morgan fingerprint density at radius 1 is 1.37 bits per heavy atom. The van der Waals surface area contributed by atoms with Crippen LogP contribution in [0.25, 0.3) is 0 Å². The molecule has 2 aliphatic heterocycles. The van der Waals surface area contributed by atoms with E-state index < -0.39 is 0 Å². The average molecular weight is 274 g/mol. The molecule has 1 aromatic carbocycles. The van der Waals surface area contributed by atoms with Gasteiger partial charge in [-0.25, -0.2) is 0 Å². The molecule has 2 fully saturated rings. The lowest BCUT2D eigenvalue weighted by Crippen LogP contribution is -2.69. The third-order valence-electron chi connectivity index (χ3n) is 4.80. The van der Waals surface area contributed by atoms with E-state index in [1.807, 2.05) is 6.07 Å². The van der Waals surface area contributed by atoms with Gasteiger partial charge in [-0.15, -0.1) is 0 Å². The molecular weight excluding hydrogens is 256 g/mol. The topological polar surface area (TPSA) is 24.5 Å². The maximum absolute atomic E-state index is 6.39. The Morgan fingerprint density at radius 2 is 2.11 bits per heavy atom. The van der Waals surface area contributed by atoms with Crippen molar-refractivity contribution >= 4 is 17.3 Å². The predicted molar refractivity (Wildman–Crippen MR) is 78.0 cm³/mol. The second kappa shape index (κ2) is 3.63. The van der Waals surface area contributed by atoms with Gasteiger partial charge in [0.1, 0.15) is 5.75 Å². The minimum atomic E-state index is -0.317. The van der Waals surface area contributed by atoms with Crippen molar-refractivity contribution in [3.05, 3.63) is 29.8 Å². The zero-order chi connectivity index (χ0) is 13.2. The number of rotatable bonds is 1. The van der Waals surface area contributed by atoms with Crippen LogP contribution >= 0.6 is 12.2 Å². The van der Waals surface area contributed by atoms with E-state index in [0.29, 0.717) is 12.0 Å². The molecule has 4 heteroatoms. The summed E-state index contributed by atoms with van der Waals surface area (Å²) in [6.45, 7) is 4.44. The first-order valence-electron chi connectivity index (χ1n) is 6.99. The van der Waals surface area contributed by atoms with Crippen LogP contribution in [0.5, 0.6) is 5.75 Å². The summed E-state index contributed by atoms with van der Waals surface area (Å²) in [6.07, 6.45) is 2.44. The number of thiocarbonyl (C=S) groups is 1. The van der Waals surface area contributed by atoms with Crippen molar-refractivity contribution in [3.63, 3.8) is 0 Å². The van der Waals surface area contributed by atoms with E-state index in [2.05, 4.69) is 42.3 Å². The molecule has 4 rings (SSSR count). The third kappa shape index (κ3) is 1.46. The molecule has 100 valence electrons. The summed E-state index contributed by atoms with van der Waals surface area (Å²) in [4.78, 5) is 2.29. The van der Waals surface area contributed by atoms with Crippen molar-refractivity contribution < 1.29 is 4.74 Å². The fourth-order valence-electron chi connectivity index (χ4n) is 3.46. The Kier molecular flexibility index (Phi) is 2.20. The number of ether oxygens (including phenoxy) is 1. The van der Waals surface area contributed by atoms with Crippen molar-refractivity contribution in [1.29, 1.82) is 0 Å². The first-order valence-corrected chi connectivity index (χ1v) is 7.40. The van der Waals surface area contributed by atoms with E-state index >= 15 is 0 Å². The number of hydrogen-bond acceptors (Lipinski definition) is 2. The number of benzene rings is 1. The van der Waals surface area contributed by atoms with Gasteiger partial charge in [-0.05, 0) is 38.0 Å². The Morgan fingerprint density at radius 3 is 2.84 bits per heavy atom. The minimum Gasteiger partial charge on any atom is -0.467 e. The van der Waals surface area contributed by atoms with Gasteiger partial charge >= 0.3 is 0 Å². The fraction of sp³-hybridized carbons (Fsp3) is 0.533. The molecular formula is C15H18N2OS. The van der Waals surface area contributed by atoms with Crippen LogP contribution < -0.4 is 10.1 Å². The second-order valence-electron chi connectivity index (χ2n) is 6.01. The van der Waals surface area contributed by atoms with Crippen LogP contribution in [-0.2, 0) is 0 Å². The highest BCUT2D eigenvalue weighted by Crippen LogP contribution is 2.50. The monoisotopic (exact) mass is 274 g/mol. The van der Waals surface area contributed by atoms with Crippen molar-refractivity contribution in [2.24, 2.45) is 5.92 Å². The van der Waals surface area contributed by atoms with Crippen LogP contribution in [-0.4, -0.2) is 21.8 Å². The quantitative estimate of drug-likeness (QED) is 0.796. The molecule has 1 saturated heterocycles. The maximum atomic E-state index is 6.39. The molecule has 1 aliphatic carbocycles. The average Bonchev–Trinajstić information content (AvgIpc) is 3.18. The zero-order valence-corrected chi connectivity index (χ0v) is 12.0. The van der Waals surface area contributed by atoms with Gasteiger partial charge in [-0.2, -0.15) is 0 Å². The largest absolute Gasteiger partial charge is 0.467 e. The molecule has 1 saturated carbocycles. The SMILES string of the molecule is CC1C2NC(=S)N(C3CC3)C1(C)Oc1ccccc12. The van der Waals surface area contributed by atoms with Crippen LogP contribution in [0.1, 0.15) is 38.3 Å². The van der Waals surface area contributed by atoms with Crippen molar-refractivity contribution in [2.75, 3.05) is 0 Å². The molecule has 2 heterocycles. The van der Waals surface area contributed by atoms with E-state index in [1.54, 1.807) is 0 Å². The van der Waals surface area contributed by atoms with Gasteiger partial charge in [0.05, 0.1) is 6.04 Å². The van der Waals surface area contributed by atoms with Gasteiger partial charge in [0.2, 0.25) is 0 Å². The number of para-hydroxylation sites is 1. The number of nitrogens with zero attached hydrogens (tertiary/aromatic N) is 1. The van der Waals surface area contributed by atoms with E-state index in [9.17, 15) is 0 Å². The van der Waals surface area contributed by atoms with Gasteiger partial charge in [-0.3, -0.25) is 0 Å². The van der Waals surface area contributed by atoms with Gasteiger partial charge in [0, 0.05) is 17.5 Å². The summed E-state index contributed by atoms with van der Waals surface area (Å²) in [5.74, 6) is 1.36. The normalized spacial score (nSPS) is 36.3. The van der Waals surface area contributed by atoms with Crippen molar-refractivity contribution in [1.82, 2.24) is 10.2 Å². The van der Waals surface area contributed by atoms with Crippen LogP contribution in [0, 0.1) is 5.92 Å². The lowest BCUT2D eigenvalue weighted by molar-refractivity contribution is -0.114. The first kappa shape index (κ1) is 11.5. The van der Waals surface area contributed by atoms with Crippen LogP contribution in [0.3, 0.4) is 0 Å². The first-order chi connectivity index (χ1) is 9.11.